The van der Waals surface area contributed by atoms with Crippen molar-refractivity contribution in [2.45, 2.75) is 12.5 Å². The molecule has 0 aromatic heterocycles. The van der Waals surface area contributed by atoms with Crippen molar-refractivity contribution in [3.63, 3.8) is 0 Å². The maximum Gasteiger partial charge on any atom is 0.254 e. The standard InChI is InChI=1S/C11H13BrN2O2/c12-8-3-7(4-9(13)5-8)11(16)14-2-1-10(15)6-14/h3-5,10,15H,1-2,6,13H2. The number of aliphatic hydroxyl groups excluding tert-OH is 1. The zero-order chi connectivity index (χ0) is 11.7. The van der Waals surface area contributed by atoms with E-state index in [-0.39, 0.29) is 5.91 Å². The molecule has 86 valence electrons. The van der Waals surface area contributed by atoms with E-state index in [1.54, 1.807) is 23.1 Å². The van der Waals surface area contributed by atoms with Crippen molar-refractivity contribution in [3.05, 3.63) is 28.2 Å². The molecule has 1 aliphatic heterocycles. The minimum Gasteiger partial charge on any atom is -0.399 e. The van der Waals surface area contributed by atoms with Crippen LogP contribution in [0.2, 0.25) is 0 Å². The van der Waals surface area contributed by atoms with Crippen LogP contribution >= 0.6 is 15.9 Å². The van der Waals surface area contributed by atoms with E-state index in [2.05, 4.69) is 15.9 Å². The molecule has 3 N–H and O–H groups in total. The van der Waals surface area contributed by atoms with Crippen LogP contribution in [0.15, 0.2) is 22.7 Å². The van der Waals surface area contributed by atoms with Gasteiger partial charge in [-0.25, -0.2) is 0 Å². The number of likely N-dealkylation sites (tertiary alicyclic amines) is 1. The molecule has 5 heteroatoms. The average molecular weight is 285 g/mol. The maximum atomic E-state index is 12.0. The second kappa shape index (κ2) is 4.43. The van der Waals surface area contributed by atoms with Gasteiger partial charge < -0.3 is 15.7 Å². The first-order valence-electron chi connectivity index (χ1n) is 5.09. The van der Waals surface area contributed by atoms with Gasteiger partial charge in [0, 0.05) is 28.8 Å². The zero-order valence-corrected chi connectivity index (χ0v) is 10.3. The molecule has 2 rings (SSSR count). The van der Waals surface area contributed by atoms with Gasteiger partial charge in [0.15, 0.2) is 0 Å². The smallest absolute Gasteiger partial charge is 0.254 e. The van der Waals surface area contributed by atoms with Crippen LogP contribution in [0.3, 0.4) is 0 Å². The van der Waals surface area contributed by atoms with Gasteiger partial charge in [-0.2, -0.15) is 0 Å². The Morgan fingerprint density at radius 1 is 1.50 bits per heavy atom. The third kappa shape index (κ3) is 2.36. The highest BCUT2D eigenvalue weighted by atomic mass is 79.9. The molecular formula is C11H13BrN2O2. The molecule has 1 atom stereocenters. The summed E-state index contributed by atoms with van der Waals surface area (Å²) in [5.41, 5.74) is 6.78. The second-order valence-electron chi connectivity index (χ2n) is 3.97. The quantitative estimate of drug-likeness (QED) is 0.763. The van der Waals surface area contributed by atoms with Crippen molar-refractivity contribution in [1.82, 2.24) is 4.90 Å². The molecule has 1 saturated heterocycles. The fourth-order valence-corrected chi connectivity index (χ4v) is 2.36. The molecule has 1 aromatic carbocycles. The molecule has 0 spiro atoms. The van der Waals surface area contributed by atoms with Crippen LogP contribution in [-0.4, -0.2) is 35.1 Å². The van der Waals surface area contributed by atoms with Crippen molar-refractivity contribution in [1.29, 1.82) is 0 Å². The van der Waals surface area contributed by atoms with Crippen molar-refractivity contribution in [3.8, 4) is 0 Å². The molecule has 1 heterocycles. The van der Waals surface area contributed by atoms with Gasteiger partial charge in [0.05, 0.1) is 6.10 Å². The normalized spacial score (nSPS) is 20.1. The third-order valence-electron chi connectivity index (χ3n) is 2.62. The Balaban J connectivity index is 2.20. The summed E-state index contributed by atoms with van der Waals surface area (Å²) in [7, 11) is 0. The van der Waals surface area contributed by atoms with E-state index in [1.165, 1.54) is 0 Å². The van der Waals surface area contributed by atoms with Crippen LogP contribution in [0.1, 0.15) is 16.8 Å². The number of hydrogen-bond acceptors (Lipinski definition) is 3. The molecule has 0 bridgehead atoms. The van der Waals surface area contributed by atoms with Gasteiger partial charge in [-0.05, 0) is 24.6 Å². The first-order chi connectivity index (χ1) is 7.56. The van der Waals surface area contributed by atoms with E-state index in [9.17, 15) is 9.90 Å². The molecule has 1 aromatic rings. The van der Waals surface area contributed by atoms with Gasteiger partial charge in [-0.1, -0.05) is 15.9 Å². The van der Waals surface area contributed by atoms with Gasteiger partial charge in [0.1, 0.15) is 0 Å². The van der Waals surface area contributed by atoms with Crippen LogP contribution in [0.4, 0.5) is 5.69 Å². The van der Waals surface area contributed by atoms with Crippen molar-refractivity contribution in [2.75, 3.05) is 18.8 Å². The van der Waals surface area contributed by atoms with Gasteiger partial charge in [-0.3, -0.25) is 4.79 Å². The number of halogens is 1. The summed E-state index contributed by atoms with van der Waals surface area (Å²) in [5.74, 6) is -0.0791. The molecule has 16 heavy (non-hydrogen) atoms. The van der Waals surface area contributed by atoms with E-state index in [0.29, 0.717) is 30.8 Å². The summed E-state index contributed by atoms with van der Waals surface area (Å²) in [6.45, 7) is 1.01. The summed E-state index contributed by atoms with van der Waals surface area (Å²) < 4.78 is 0.788. The fraction of sp³-hybridized carbons (Fsp3) is 0.364. The molecule has 1 fully saturated rings. The molecule has 0 radical (unpaired) electrons. The number of rotatable bonds is 1. The Kier molecular flexibility index (Phi) is 3.16. The van der Waals surface area contributed by atoms with Crippen LogP contribution < -0.4 is 5.73 Å². The lowest BCUT2D eigenvalue weighted by Gasteiger charge is -2.15. The maximum absolute atomic E-state index is 12.0. The lowest BCUT2D eigenvalue weighted by molar-refractivity contribution is 0.0765. The minimum absolute atomic E-state index is 0.0791. The molecule has 1 aliphatic rings. The van der Waals surface area contributed by atoms with Crippen LogP contribution in [-0.2, 0) is 0 Å². The largest absolute Gasteiger partial charge is 0.399 e. The second-order valence-corrected chi connectivity index (χ2v) is 4.88. The number of aliphatic hydroxyl groups is 1. The van der Waals surface area contributed by atoms with E-state index < -0.39 is 6.10 Å². The topological polar surface area (TPSA) is 66.6 Å². The molecule has 0 aliphatic carbocycles. The number of amides is 1. The van der Waals surface area contributed by atoms with Gasteiger partial charge >= 0.3 is 0 Å². The Morgan fingerprint density at radius 3 is 2.81 bits per heavy atom. The molecule has 1 unspecified atom stereocenters. The Morgan fingerprint density at radius 2 is 2.25 bits per heavy atom. The number of carbonyl (C=O) groups excluding carboxylic acids is 1. The summed E-state index contributed by atoms with van der Waals surface area (Å²) in [6.07, 6.45) is 0.253. The number of nitrogen functional groups attached to an aromatic ring is 1. The Bertz CT molecular complexity index is 402. The van der Waals surface area contributed by atoms with E-state index in [0.717, 1.165) is 4.47 Å². The third-order valence-corrected chi connectivity index (χ3v) is 3.08. The van der Waals surface area contributed by atoms with Crippen LogP contribution in [0, 0.1) is 0 Å². The lowest BCUT2D eigenvalue weighted by Crippen LogP contribution is -2.29. The number of nitrogens with zero attached hydrogens (tertiary/aromatic N) is 1. The highest BCUT2D eigenvalue weighted by molar-refractivity contribution is 9.10. The SMILES string of the molecule is Nc1cc(Br)cc(C(=O)N2CCC(O)C2)c1. The van der Waals surface area contributed by atoms with Crippen molar-refractivity contribution < 1.29 is 9.90 Å². The zero-order valence-electron chi connectivity index (χ0n) is 8.69. The van der Waals surface area contributed by atoms with Gasteiger partial charge in [0.25, 0.3) is 5.91 Å². The fourth-order valence-electron chi connectivity index (χ4n) is 1.84. The van der Waals surface area contributed by atoms with Crippen molar-refractivity contribution >= 4 is 27.5 Å². The first kappa shape index (κ1) is 11.4. The highest BCUT2D eigenvalue weighted by Gasteiger charge is 2.25. The number of nitrogens with two attached hydrogens (primary N) is 1. The average Bonchev–Trinajstić information content (AvgIpc) is 2.62. The Hall–Kier alpha value is -1.07. The molecule has 4 nitrogen and oxygen atoms in total. The number of anilines is 1. The molecule has 1 amide bonds. The van der Waals surface area contributed by atoms with Crippen LogP contribution in [0.25, 0.3) is 0 Å². The molecular weight excluding hydrogens is 272 g/mol. The molecule has 0 saturated carbocycles. The number of β-amino-alcohol motifs (C(OH)–C–C–N with tert-alkyl or cyclic N) is 1. The van der Waals surface area contributed by atoms with Crippen molar-refractivity contribution in [2.24, 2.45) is 0 Å². The first-order valence-corrected chi connectivity index (χ1v) is 5.89. The minimum atomic E-state index is -0.395. The van der Waals surface area contributed by atoms with E-state index in [4.69, 9.17) is 5.73 Å². The van der Waals surface area contributed by atoms with E-state index in [1.807, 2.05) is 0 Å². The highest BCUT2D eigenvalue weighted by Crippen LogP contribution is 2.20. The summed E-state index contributed by atoms with van der Waals surface area (Å²) in [5, 5.41) is 9.38. The summed E-state index contributed by atoms with van der Waals surface area (Å²) >= 11 is 3.30. The van der Waals surface area contributed by atoms with Gasteiger partial charge in [0.2, 0.25) is 0 Å². The predicted octanol–water partition coefficient (Wildman–Crippen LogP) is 1.24. The number of carbonyl (C=O) groups is 1. The monoisotopic (exact) mass is 284 g/mol. The number of benzene rings is 1. The van der Waals surface area contributed by atoms with Crippen LogP contribution in [0.5, 0.6) is 0 Å². The predicted molar refractivity (Wildman–Crippen MR) is 65.1 cm³/mol. The summed E-state index contributed by atoms with van der Waals surface area (Å²) in [6, 6.07) is 5.14. The summed E-state index contributed by atoms with van der Waals surface area (Å²) in [4.78, 5) is 13.7. The van der Waals surface area contributed by atoms with E-state index >= 15 is 0 Å². The number of hydrogen-bond donors (Lipinski definition) is 2. The van der Waals surface area contributed by atoms with Gasteiger partial charge in [-0.15, -0.1) is 0 Å². The lowest BCUT2D eigenvalue weighted by atomic mass is 10.2. The Labute approximate surface area is 102 Å².